The van der Waals surface area contributed by atoms with Crippen molar-refractivity contribution in [2.75, 3.05) is 0 Å². The molecule has 1 aromatic heterocycles. The zero-order chi connectivity index (χ0) is 10.4. The average molecular weight is 200 g/mol. The van der Waals surface area contributed by atoms with Crippen LogP contribution in [0.4, 0.5) is 0 Å². The molecule has 15 heavy (non-hydrogen) atoms. The molecule has 1 aliphatic rings. The molecule has 0 aliphatic carbocycles. The summed E-state index contributed by atoms with van der Waals surface area (Å²) >= 11 is 0. The molecule has 0 bridgehead atoms. The fourth-order valence-corrected chi connectivity index (χ4v) is 1.45. The predicted octanol–water partition coefficient (Wildman–Crippen LogP) is -1.13. The lowest BCUT2D eigenvalue weighted by Gasteiger charge is -1.96. The smallest absolute Gasteiger partial charge is 0.338 e. The summed E-state index contributed by atoms with van der Waals surface area (Å²) in [7, 11) is 0. The Balaban J connectivity index is 2.52. The molecule has 1 N–H and O–H groups in total. The van der Waals surface area contributed by atoms with Crippen molar-refractivity contribution in [3.63, 3.8) is 0 Å². The maximum atomic E-state index is 11.0. The Labute approximate surface area is 82.4 Å². The summed E-state index contributed by atoms with van der Waals surface area (Å²) in [6.45, 7) is 0. The van der Waals surface area contributed by atoms with E-state index >= 15 is 0 Å². The number of fused-ring (bicyclic) bond motifs is 2. The number of carbonyl (C=O) groups excluding carboxylic acids is 2. The standard InChI is InChI=1S/C9H4N4O2/c14-8-9(15)13-7-2-5-4(10-3-11-5)1-6(7)12-8/h1-3H,(H,10,11). The van der Waals surface area contributed by atoms with Gasteiger partial charge in [-0.15, -0.1) is 0 Å². The number of nitrogens with zero attached hydrogens (tertiary/aromatic N) is 3. The zero-order valence-electron chi connectivity index (χ0n) is 7.39. The topological polar surface area (TPSA) is 87.5 Å². The van der Waals surface area contributed by atoms with Gasteiger partial charge in [0.1, 0.15) is 0 Å². The molecule has 2 heterocycles. The minimum Gasteiger partial charge on any atom is -0.345 e. The molecule has 1 aromatic carbocycles. The largest absolute Gasteiger partial charge is 0.345 e. The Kier molecular flexibility index (Phi) is 1.37. The van der Waals surface area contributed by atoms with Crippen LogP contribution in [0, 0.1) is 0 Å². The van der Waals surface area contributed by atoms with Crippen LogP contribution in [0.1, 0.15) is 0 Å². The minimum absolute atomic E-state index is 0.388. The Hall–Kier alpha value is -2.37. The summed E-state index contributed by atoms with van der Waals surface area (Å²) in [5.74, 6) is -1.67. The Morgan fingerprint density at radius 3 is 2.40 bits per heavy atom. The molecule has 72 valence electrons. The SMILES string of the molecule is O=C1N=c2cc3nc[nH]c3cc2=NC1=O. The third kappa shape index (κ3) is 1.08. The van der Waals surface area contributed by atoms with E-state index in [1.807, 2.05) is 0 Å². The molecule has 0 radical (unpaired) electrons. The van der Waals surface area contributed by atoms with E-state index in [-0.39, 0.29) is 0 Å². The number of carbonyl (C=O) groups is 2. The highest BCUT2D eigenvalue weighted by Gasteiger charge is 2.15. The van der Waals surface area contributed by atoms with Gasteiger partial charge in [0.25, 0.3) is 0 Å². The van der Waals surface area contributed by atoms with Crippen molar-refractivity contribution < 1.29 is 9.59 Å². The highest BCUT2D eigenvalue weighted by atomic mass is 16.2. The molecule has 0 fully saturated rings. The van der Waals surface area contributed by atoms with Crippen LogP contribution in [0.15, 0.2) is 28.4 Å². The number of aromatic nitrogens is 2. The number of hydrogen-bond donors (Lipinski definition) is 1. The minimum atomic E-state index is -0.836. The van der Waals surface area contributed by atoms with Gasteiger partial charge in [-0.25, -0.2) is 15.0 Å². The molecule has 1 aliphatic heterocycles. The first kappa shape index (κ1) is 7.98. The van der Waals surface area contributed by atoms with Crippen molar-refractivity contribution in [3.8, 4) is 0 Å². The number of rotatable bonds is 0. The van der Waals surface area contributed by atoms with Gasteiger partial charge in [-0.2, -0.15) is 0 Å². The van der Waals surface area contributed by atoms with E-state index in [4.69, 9.17) is 0 Å². The van der Waals surface area contributed by atoms with Gasteiger partial charge in [0, 0.05) is 0 Å². The number of aromatic amines is 1. The number of amides is 2. The van der Waals surface area contributed by atoms with Crippen LogP contribution in [0.25, 0.3) is 11.0 Å². The van der Waals surface area contributed by atoms with Crippen molar-refractivity contribution in [1.29, 1.82) is 0 Å². The molecule has 3 rings (SSSR count). The van der Waals surface area contributed by atoms with Crippen molar-refractivity contribution in [3.05, 3.63) is 29.2 Å². The van der Waals surface area contributed by atoms with Crippen molar-refractivity contribution in [2.24, 2.45) is 9.98 Å². The van der Waals surface area contributed by atoms with Crippen molar-refractivity contribution in [2.45, 2.75) is 0 Å². The number of imidazole rings is 1. The lowest BCUT2D eigenvalue weighted by molar-refractivity contribution is -0.135. The van der Waals surface area contributed by atoms with Gasteiger partial charge in [0.05, 0.1) is 28.1 Å². The number of benzene rings is 1. The quantitative estimate of drug-likeness (QED) is 0.546. The fourth-order valence-electron chi connectivity index (χ4n) is 1.45. The highest BCUT2D eigenvalue weighted by molar-refractivity contribution is 6.36. The first-order valence-electron chi connectivity index (χ1n) is 4.23. The summed E-state index contributed by atoms with van der Waals surface area (Å²) in [6, 6.07) is 3.26. The van der Waals surface area contributed by atoms with Gasteiger partial charge >= 0.3 is 11.8 Å². The Morgan fingerprint density at radius 2 is 1.67 bits per heavy atom. The molecule has 0 saturated carbocycles. The number of nitrogens with one attached hydrogen (secondary N) is 1. The second kappa shape index (κ2) is 2.57. The van der Waals surface area contributed by atoms with E-state index < -0.39 is 11.8 Å². The summed E-state index contributed by atoms with van der Waals surface area (Å²) in [6.07, 6.45) is 1.53. The van der Waals surface area contributed by atoms with Gasteiger partial charge in [-0.3, -0.25) is 9.59 Å². The highest BCUT2D eigenvalue weighted by Crippen LogP contribution is 2.01. The van der Waals surface area contributed by atoms with Gasteiger partial charge in [-0.1, -0.05) is 0 Å². The molecule has 6 heteroatoms. The van der Waals surface area contributed by atoms with Crippen molar-refractivity contribution >= 4 is 22.8 Å². The summed E-state index contributed by atoms with van der Waals surface area (Å²) in [5.41, 5.74) is 1.45. The molecule has 0 saturated heterocycles. The van der Waals surface area contributed by atoms with E-state index in [0.29, 0.717) is 16.2 Å². The van der Waals surface area contributed by atoms with Crippen LogP contribution in [0.2, 0.25) is 0 Å². The Bertz CT molecular complexity index is 653. The van der Waals surface area contributed by atoms with Crippen LogP contribution in [0.3, 0.4) is 0 Å². The zero-order valence-corrected chi connectivity index (χ0v) is 7.39. The lowest BCUT2D eigenvalue weighted by Crippen LogP contribution is -2.34. The van der Waals surface area contributed by atoms with Gasteiger partial charge in [0.2, 0.25) is 0 Å². The molecule has 0 unspecified atom stereocenters. The van der Waals surface area contributed by atoms with Crippen LogP contribution in [-0.2, 0) is 9.59 Å². The molecule has 2 aromatic rings. The summed E-state index contributed by atoms with van der Waals surface area (Å²) in [4.78, 5) is 36.1. The van der Waals surface area contributed by atoms with Gasteiger partial charge < -0.3 is 4.98 Å². The maximum absolute atomic E-state index is 11.0. The molecular weight excluding hydrogens is 196 g/mol. The van der Waals surface area contributed by atoms with Crippen LogP contribution >= 0.6 is 0 Å². The molecule has 0 spiro atoms. The van der Waals surface area contributed by atoms with Gasteiger partial charge in [0.15, 0.2) is 0 Å². The molecule has 6 nitrogen and oxygen atoms in total. The van der Waals surface area contributed by atoms with Crippen LogP contribution in [0.5, 0.6) is 0 Å². The van der Waals surface area contributed by atoms with E-state index in [0.717, 1.165) is 5.52 Å². The number of hydrogen-bond acceptors (Lipinski definition) is 3. The van der Waals surface area contributed by atoms with E-state index in [2.05, 4.69) is 20.0 Å². The lowest BCUT2D eigenvalue weighted by atomic mass is 10.2. The summed E-state index contributed by atoms with van der Waals surface area (Å²) in [5, 5.41) is 0.788. The second-order valence-electron chi connectivity index (χ2n) is 3.09. The molecule has 0 atom stereocenters. The van der Waals surface area contributed by atoms with E-state index in [9.17, 15) is 9.59 Å². The first-order chi connectivity index (χ1) is 7.24. The van der Waals surface area contributed by atoms with Crippen molar-refractivity contribution in [1.82, 2.24) is 9.97 Å². The van der Waals surface area contributed by atoms with E-state index in [1.165, 1.54) is 6.33 Å². The maximum Gasteiger partial charge on any atom is 0.338 e. The predicted molar refractivity (Wildman–Crippen MR) is 48.4 cm³/mol. The molecular formula is C9H4N4O2. The van der Waals surface area contributed by atoms with E-state index in [1.54, 1.807) is 12.1 Å². The summed E-state index contributed by atoms with van der Waals surface area (Å²) < 4.78 is 0. The van der Waals surface area contributed by atoms with Crippen LogP contribution < -0.4 is 10.7 Å². The third-order valence-electron chi connectivity index (χ3n) is 2.14. The monoisotopic (exact) mass is 200 g/mol. The average Bonchev–Trinajstić information content (AvgIpc) is 2.63. The van der Waals surface area contributed by atoms with Crippen LogP contribution in [-0.4, -0.2) is 21.8 Å². The second-order valence-corrected chi connectivity index (χ2v) is 3.09. The number of H-pyrrole nitrogens is 1. The third-order valence-corrected chi connectivity index (χ3v) is 2.14. The first-order valence-corrected chi connectivity index (χ1v) is 4.23. The normalized spacial score (nSPS) is 14.7. The molecule has 2 amide bonds. The Morgan fingerprint density at radius 1 is 1.00 bits per heavy atom. The van der Waals surface area contributed by atoms with Gasteiger partial charge in [-0.05, 0) is 12.1 Å². The fraction of sp³-hybridized carbons (Fsp3) is 0.